The van der Waals surface area contributed by atoms with Crippen LogP contribution in [0.4, 0.5) is 32.3 Å². The Kier molecular flexibility index (Phi) is 5.28. The van der Waals surface area contributed by atoms with Crippen LogP contribution in [0.3, 0.4) is 0 Å². The molecule has 2 aromatic heterocycles. The number of hydrogen-bond donors (Lipinski definition) is 1. The number of halogens is 6. The summed E-state index contributed by atoms with van der Waals surface area (Å²) >= 11 is 0. The highest BCUT2D eigenvalue weighted by Crippen LogP contribution is 2.36. The smallest absolute Gasteiger partial charge is 0.389 e. The highest BCUT2D eigenvalue weighted by atomic mass is 19.4. The maximum Gasteiger partial charge on any atom is 0.390 e. The van der Waals surface area contributed by atoms with Crippen molar-refractivity contribution >= 4 is 17.1 Å². The third-order valence-electron chi connectivity index (χ3n) is 5.74. The third-order valence-corrected chi connectivity index (χ3v) is 5.74. The van der Waals surface area contributed by atoms with Crippen molar-refractivity contribution in [3.8, 4) is 0 Å². The molecule has 0 bridgehead atoms. The van der Waals surface area contributed by atoms with Crippen LogP contribution >= 0.6 is 0 Å². The Labute approximate surface area is 176 Å². The van der Waals surface area contributed by atoms with Crippen molar-refractivity contribution in [1.29, 1.82) is 0 Å². The number of nitrogens with one attached hydrogen (secondary N) is 1. The molecule has 4 rings (SSSR count). The first kappa shape index (κ1) is 22.3. The lowest BCUT2D eigenvalue weighted by atomic mass is 10.1. The first-order valence-electron chi connectivity index (χ1n) is 9.92. The summed E-state index contributed by atoms with van der Waals surface area (Å²) in [7, 11) is 1.22. The van der Waals surface area contributed by atoms with E-state index >= 15 is 0 Å². The van der Waals surface area contributed by atoms with E-state index in [1.165, 1.54) is 7.05 Å². The SMILES string of the molecule is Cn1c(=O)n(CCC(F)(F)F)c(=O)c2c1nc(N1CCC3CNC=C31)n2CCC(F)(F)F. The summed E-state index contributed by atoms with van der Waals surface area (Å²) in [4.78, 5) is 31.6. The molecule has 2 aromatic rings. The van der Waals surface area contributed by atoms with E-state index in [1.807, 2.05) is 0 Å². The Morgan fingerprint density at radius 1 is 1.06 bits per heavy atom. The number of hydrogen-bond acceptors (Lipinski definition) is 5. The summed E-state index contributed by atoms with van der Waals surface area (Å²) in [6.45, 7) is -0.489. The van der Waals surface area contributed by atoms with E-state index in [2.05, 4.69) is 10.3 Å². The van der Waals surface area contributed by atoms with Gasteiger partial charge >= 0.3 is 18.0 Å². The van der Waals surface area contributed by atoms with Crippen molar-refractivity contribution in [3.05, 3.63) is 32.7 Å². The Morgan fingerprint density at radius 3 is 2.31 bits per heavy atom. The molecule has 1 atom stereocenters. The fourth-order valence-electron chi connectivity index (χ4n) is 4.16. The number of fused-ring (bicyclic) bond motifs is 2. The molecular formula is C18H20F6N6O2. The third kappa shape index (κ3) is 3.97. The summed E-state index contributed by atoms with van der Waals surface area (Å²) in [5.41, 5.74) is -1.81. The first-order valence-corrected chi connectivity index (χ1v) is 9.92. The van der Waals surface area contributed by atoms with Crippen LogP contribution in [0.25, 0.3) is 11.2 Å². The maximum atomic E-state index is 13.0. The Morgan fingerprint density at radius 2 is 1.69 bits per heavy atom. The van der Waals surface area contributed by atoms with E-state index in [1.54, 1.807) is 11.1 Å². The molecule has 2 aliphatic rings. The van der Waals surface area contributed by atoms with Crippen molar-refractivity contribution < 1.29 is 26.3 Å². The van der Waals surface area contributed by atoms with Crippen molar-refractivity contribution in [1.82, 2.24) is 24.0 Å². The van der Waals surface area contributed by atoms with Crippen LogP contribution in [0, 0.1) is 5.92 Å². The molecule has 0 saturated carbocycles. The van der Waals surface area contributed by atoms with Crippen LogP contribution in [-0.4, -0.2) is 44.1 Å². The lowest BCUT2D eigenvalue weighted by Gasteiger charge is -2.20. The van der Waals surface area contributed by atoms with Crippen LogP contribution in [0.5, 0.6) is 0 Å². The normalized spacial score (nSPS) is 18.9. The Bertz CT molecular complexity index is 1190. The van der Waals surface area contributed by atoms with E-state index in [9.17, 15) is 35.9 Å². The Hall–Kier alpha value is -2.93. The summed E-state index contributed by atoms with van der Waals surface area (Å²) in [5.74, 6) is 0.195. The predicted molar refractivity (Wildman–Crippen MR) is 102 cm³/mol. The van der Waals surface area contributed by atoms with Gasteiger partial charge in [0.05, 0.1) is 12.8 Å². The lowest BCUT2D eigenvalue weighted by molar-refractivity contribution is -0.137. The molecule has 32 heavy (non-hydrogen) atoms. The van der Waals surface area contributed by atoms with E-state index < -0.39 is 49.5 Å². The Balaban J connectivity index is 1.90. The van der Waals surface area contributed by atoms with Crippen LogP contribution in [0.1, 0.15) is 19.3 Å². The number of aromatic nitrogens is 4. The van der Waals surface area contributed by atoms with E-state index in [0.717, 1.165) is 21.3 Å². The average Bonchev–Trinajstić information content (AvgIpc) is 3.37. The largest absolute Gasteiger partial charge is 0.390 e. The van der Waals surface area contributed by atoms with Crippen LogP contribution in [-0.2, 0) is 20.1 Å². The van der Waals surface area contributed by atoms with E-state index in [-0.39, 0.29) is 23.0 Å². The maximum absolute atomic E-state index is 13.0. The molecule has 1 N–H and O–H groups in total. The standard InChI is InChI=1S/C18H20F6N6O2/c1-27-13-12(14(31)30(16(27)32)7-4-18(22,23)24)29(6-3-17(19,20)21)15(26-13)28-5-2-10-8-25-9-11(10)28/h9-10,25H,2-8H2,1H3. The zero-order chi connectivity index (χ0) is 23.4. The van der Waals surface area contributed by atoms with Gasteiger partial charge in [0.25, 0.3) is 5.56 Å². The van der Waals surface area contributed by atoms with Crippen molar-refractivity contribution in [2.75, 3.05) is 18.0 Å². The fourth-order valence-corrected chi connectivity index (χ4v) is 4.16. The minimum absolute atomic E-state index is 0.0578. The summed E-state index contributed by atoms with van der Waals surface area (Å²) in [5, 5.41) is 3.06. The monoisotopic (exact) mass is 466 g/mol. The molecule has 0 radical (unpaired) electrons. The van der Waals surface area contributed by atoms with Gasteiger partial charge in [0, 0.05) is 51.0 Å². The van der Waals surface area contributed by atoms with Crippen LogP contribution in [0.15, 0.2) is 21.5 Å². The molecule has 1 fully saturated rings. The number of nitrogens with zero attached hydrogens (tertiary/aromatic N) is 5. The van der Waals surface area contributed by atoms with E-state index in [0.29, 0.717) is 17.7 Å². The molecule has 0 aromatic carbocycles. The second-order valence-corrected chi connectivity index (χ2v) is 7.88. The number of imidazole rings is 1. The molecule has 0 aliphatic carbocycles. The van der Waals surface area contributed by atoms with Gasteiger partial charge in [-0.25, -0.2) is 4.79 Å². The molecule has 0 spiro atoms. The zero-order valence-corrected chi connectivity index (χ0v) is 16.9. The van der Waals surface area contributed by atoms with Crippen LogP contribution < -0.4 is 21.5 Å². The second kappa shape index (κ2) is 7.59. The quantitative estimate of drug-likeness (QED) is 0.683. The zero-order valence-electron chi connectivity index (χ0n) is 16.9. The van der Waals surface area contributed by atoms with E-state index in [4.69, 9.17) is 0 Å². The highest BCUT2D eigenvalue weighted by molar-refractivity contribution is 5.75. The highest BCUT2D eigenvalue weighted by Gasteiger charge is 2.36. The molecule has 0 amide bonds. The molecule has 2 aliphatic heterocycles. The van der Waals surface area contributed by atoms with Crippen molar-refractivity contribution in [2.24, 2.45) is 13.0 Å². The van der Waals surface area contributed by atoms with Gasteiger partial charge in [0.15, 0.2) is 11.2 Å². The molecule has 14 heteroatoms. The van der Waals surface area contributed by atoms with Gasteiger partial charge in [0.1, 0.15) is 0 Å². The first-order chi connectivity index (χ1) is 14.9. The summed E-state index contributed by atoms with van der Waals surface area (Å²) < 4.78 is 79.5. The van der Waals surface area contributed by atoms with Gasteiger partial charge < -0.3 is 14.8 Å². The molecule has 1 unspecified atom stereocenters. The van der Waals surface area contributed by atoms with Gasteiger partial charge in [0.2, 0.25) is 5.95 Å². The fraction of sp³-hybridized carbons (Fsp3) is 0.611. The minimum atomic E-state index is -4.62. The molecule has 4 heterocycles. The topological polar surface area (TPSA) is 77.1 Å². The van der Waals surface area contributed by atoms with Crippen molar-refractivity contribution in [3.63, 3.8) is 0 Å². The molecule has 8 nitrogen and oxygen atoms in total. The van der Waals surface area contributed by atoms with Gasteiger partial charge in [-0.3, -0.25) is 13.9 Å². The summed E-state index contributed by atoms with van der Waals surface area (Å²) in [6.07, 6.45) is -9.41. The minimum Gasteiger partial charge on any atom is -0.389 e. The number of anilines is 1. The summed E-state index contributed by atoms with van der Waals surface area (Å²) in [6, 6.07) is 0. The number of rotatable bonds is 5. The predicted octanol–water partition coefficient (Wildman–Crippen LogP) is 2.07. The van der Waals surface area contributed by atoms with Crippen molar-refractivity contribution in [2.45, 2.75) is 44.7 Å². The molecule has 1 saturated heterocycles. The second-order valence-electron chi connectivity index (χ2n) is 7.88. The van der Waals surface area contributed by atoms with Gasteiger partial charge in [-0.2, -0.15) is 31.3 Å². The van der Waals surface area contributed by atoms with Crippen LogP contribution in [0.2, 0.25) is 0 Å². The average molecular weight is 466 g/mol. The van der Waals surface area contributed by atoms with Gasteiger partial charge in [-0.15, -0.1) is 0 Å². The number of aryl methyl sites for hydroxylation is 2. The van der Waals surface area contributed by atoms with Gasteiger partial charge in [-0.1, -0.05) is 0 Å². The lowest BCUT2D eigenvalue weighted by Crippen LogP contribution is -2.40. The molecular weight excluding hydrogens is 446 g/mol. The number of alkyl halides is 6. The van der Waals surface area contributed by atoms with Gasteiger partial charge in [-0.05, 0) is 6.42 Å². The molecule has 176 valence electrons.